The Kier molecular flexibility index (Phi) is 3.47. The number of nitrogens with zero attached hydrogens (tertiary/aromatic N) is 3. The fourth-order valence-corrected chi connectivity index (χ4v) is 2.08. The van der Waals surface area contributed by atoms with Gasteiger partial charge in [0.25, 0.3) is 5.91 Å². The standard InChI is InChI=1S/C16H14N4O/c1-20-9-8-18-15(20)16(21)19-14-6-2-4-12(10-14)13-5-3-7-17-11-13/h2-11H,1H3,(H,19,21). The van der Waals surface area contributed by atoms with Crippen LogP contribution in [0.5, 0.6) is 0 Å². The van der Waals surface area contributed by atoms with Crippen LogP contribution in [0.15, 0.2) is 61.2 Å². The van der Waals surface area contributed by atoms with E-state index >= 15 is 0 Å². The number of aryl methyl sites for hydroxylation is 1. The van der Waals surface area contributed by atoms with Crippen molar-refractivity contribution in [3.05, 3.63) is 67.0 Å². The van der Waals surface area contributed by atoms with E-state index in [1.54, 1.807) is 36.4 Å². The van der Waals surface area contributed by atoms with Gasteiger partial charge in [0.15, 0.2) is 5.82 Å². The van der Waals surface area contributed by atoms with Gasteiger partial charge in [-0.25, -0.2) is 4.98 Å². The quantitative estimate of drug-likeness (QED) is 0.801. The van der Waals surface area contributed by atoms with E-state index in [0.29, 0.717) is 5.82 Å². The average molecular weight is 278 g/mol. The predicted octanol–water partition coefficient (Wildman–Crippen LogP) is 2.73. The molecule has 2 heterocycles. The number of benzene rings is 1. The minimum Gasteiger partial charge on any atom is -0.330 e. The van der Waals surface area contributed by atoms with Crippen molar-refractivity contribution in [1.29, 1.82) is 0 Å². The fourth-order valence-electron chi connectivity index (χ4n) is 2.08. The Balaban J connectivity index is 1.84. The molecule has 0 atom stereocenters. The number of rotatable bonds is 3. The predicted molar refractivity (Wildman–Crippen MR) is 80.8 cm³/mol. The molecule has 104 valence electrons. The summed E-state index contributed by atoms with van der Waals surface area (Å²) in [6.45, 7) is 0. The first-order chi connectivity index (χ1) is 10.2. The summed E-state index contributed by atoms with van der Waals surface area (Å²) in [5, 5.41) is 2.85. The maximum atomic E-state index is 12.1. The summed E-state index contributed by atoms with van der Waals surface area (Å²) in [5.74, 6) is 0.146. The molecule has 21 heavy (non-hydrogen) atoms. The van der Waals surface area contributed by atoms with E-state index < -0.39 is 0 Å². The van der Waals surface area contributed by atoms with Gasteiger partial charge in [-0.2, -0.15) is 0 Å². The molecular formula is C16H14N4O. The smallest absolute Gasteiger partial charge is 0.291 e. The number of carbonyl (C=O) groups is 1. The first kappa shape index (κ1) is 13.1. The molecule has 0 aliphatic carbocycles. The van der Waals surface area contributed by atoms with Gasteiger partial charge >= 0.3 is 0 Å². The molecule has 0 spiro atoms. The number of hydrogen-bond acceptors (Lipinski definition) is 3. The molecule has 0 unspecified atom stereocenters. The summed E-state index contributed by atoms with van der Waals surface area (Å²) in [6, 6.07) is 11.5. The fraction of sp³-hybridized carbons (Fsp3) is 0.0625. The maximum absolute atomic E-state index is 12.1. The summed E-state index contributed by atoms with van der Waals surface area (Å²) >= 11 is 0. The molecule has 0 aliphatic heterocycles. The molecule has 0 radical (unpaired) electrons. The van der Waals surface area contributed by atoms with E-state index in [9.17, 15) is 4.79 Å². The molecule has 5 nitrogen and oxygen atoms in total. The SMILES string of the molecule is Cn1ccnc1C(=O)Nc1cccc(-c2cccnc2)c1. The van der Waals surface area contributed by atoms with Crippen LogP contribution >= 0.6 is 0 Å². The zero-order valence-corrected chi connectivity index (χ0v) is 11.5. The number of pyridine rings is 1. The van der Waals surface area contributed by atoms with E-state index in [2.05, 4.69) is 15.3 Å². The molecule has 0 bridgehead atoms. The van der Waals surface area contributed by atoms with Crippen LogP contribution in [0.1, 0.15) is 10.6 Å². The Labute approximate surface area is 122 Å². The van der Waals surface area contributed by atoms with Gasteiger partial charge in [-0.15, -0.1) is 0 Å². The number of nitrogens with one attached hydrogen (secondary N) is 1. The van der Waals surface area contributed by atoms with Gasteiger partial charge in [0.1, 0.15) is 0 Å². The second kappa shape index (κ2) is 5.58. The van der Waals surface area contributed by atoms with Crippen LogP contribution in [-0.2, 0) is 7.05 Å². The monoisotopic (exact) mass is 278 g/mol. The van der Waals surface area contributed by atoms with Gasteiger partial charge in [0.2, 0.25) is 0 Å². The maximum Gasteiger partial charge on any atom is 0.291 e. The highest BCUT2D eigenvalue weighted by Crippen LogP contribution is 2.21. The van der Waals surface area contributed by atoms with Gasteiger partial charge in [-0.3, -0.25) is 9.78 Å². The summed E-state index contributed by atoms with van der Waals surface area (Å²) in [5.41, 5.74) is 2.73. The van der Waals surface area contributed by atoms with Crippen molar-refractivity contribution >= 4 is 11.6 Å². The third-order valence-electron chi connectivity index (χ3n) is 3.14. The molecule has 3 aromatic rings. The van der Waals surface area contributed by atoms with Crippen LogP contribution in [0.25, 0.3) is 11.1 Å². The molecule has 3 rings (SSSR count). The van der Waals surface area contributed by atoms with Crippen molar-refractivity contribution in [2.45, 2.75) is 0 Å². The van der Waals surface area contributed by atoms with E-state index in [1.807, 2.05) is 36.4 Å². The van der Waals surface area contributed by atoms with Crippen molar-refractivity contribution in [2.75, 3.05) is 5.32 Å². The van der Waals surface area contributed by atoms with E-state index in [4.69, 9.17) is 0 Å². The van der Waals surface area contributed by atoms with Crippen LogP contribution in [0.2, 0.25) is 0 Å². The second-order valence-electron chi connectivity index (χ2n) is 4.64. The largest absolute Gasteiger partial charge is 0.330 e. The average Bonchev–Trinajstić information content (AvgIpc) is 2.95. The van der Waals surface area contributed by atoms with E-state index in [0.717, 1.165) is 16.8 Å². The third-order valence-corrected chi connectivity index (χ3v) is 3.14. The Morgan fingerprint density at radius 3 is 2.71 bits per heavy atom. The normalized spacial score (nSPS) is 10.3. The van der Waals surface area contributed by atoms with Crippen LogP contribution in [-0.4, -0.2) is 20.4 Å². The van der Waals surface area contributed by atoms with Crippen LogP contribution in [0, 0.1) is 0 Å². The third kappa shape index (κ3) is 2.81. The van der Waals surface area contributed by atoms with Crippen molar-refractivity contribution in [3.8, 4) is 11.1 Å². The lowest BCUT2D eigenvalue weighted by atomic mass is 10.1. The Morgan fingerprint density at radius 1 is 1.14 bits per heavy atom. The van der Waals surface area contributed by atoms with Crippen molar-refractivity contribution in [2.24, 2.45) is 7.05 Å². The molecule has 0 saturated heterocycles. The summed E-state index contributed by atoms with van der Waals surface area (Å²) < 4.78 is 1.68. The highest BCUT2D eigenvalue weighted by atomic mass is 16.2. The van der Waals surface area contributed by atoms with Gasteiger partial charge < -0.3 is 9.88 Å². The van der Waals surface area contributed by atoms with Crippen molar-refractivity contribution in [1.82, 2.24) is 14.5 Å². The van der Waals surface area contributed by atoms with Gasteiger partial charge in [0, 0.05) is 43.1 Å². The van der Waals surface area contributed by atoms with Crippen molar-refractivity contribution < 1.29 is 4.79 Å². The molecule has 1 amide bonds. The summed E-state index contributed by atoms with van der Waals surface area (Å²) in [4.78, 5) is 20.3. The molecule has 0 aliphatic rings. The van der Waals surface area contributed by atoms with Crippen LogP contribution in [0.3, 0.4) is 0 Å². The molecule has 2 aromatic heterocycles. The lowest BCUT2D eigenvalue weighted by molar-refractivity contribution is 0.101. The number of carbonyl (C=O) groups excluding carboxylic acids is 1. The summed E-state index contributed by atoms with van der Waals surface area (Å²) in [7, 11) is 1.79. The van der Waals surface area contributed by atoms with E-state index in [-0.39, 0.29) is 5.91 Å². The number of imidazole rings is 1. The second-order valence-corrected chi connectivity index (χ2v) is 4.64. The first-order valence-electron chi connectivity index (χ1n) is 6.53. The summed E-state index contributed by atoms with van der Waals surface area (Å²) in [6.07, 6.45) is 6.86. The van der Waals surface area contributed by atoms with E-state index in [1.165, 1.54) is 0 Å². The lowest BCUT2D eigenvalue weighted by Gasteiger charge is -2.07. The number of amides is 1. The first-order valence-corrected chi connectivity index (χ1v) is 6.53. The zero-order chi connectivity index (χ0) is 14.7. The number of anilines is 1. The molecule has 1 aromatic carbocycles. The Hall–Kier alpha value is -2.95. The Morgan fingerprint density at radius 2 is 2.00 bits per heavy atom. The van der Waals surface area contributed by atoms with Crippen LogP contribution in [0.4, 0.5) is 5.69 Å². The van der Waals surface area contributed by atoms with Crippen molar-refractivity contribution in [3.63, 3.8) is 0 Å². The minimum absolute atomic E-state index is 0.231. The van der Waals surface area contributed by atoms with Crippen LogP contribution < -0.4 is 5.32 Å². The van der Waals surface area contributed by atoms with Gasteiger partial charge in [0.05, 0.1) is 0 Å². The molecule has 0 fully saturated rings. The van der Waals surface area contributed by atoms with Gasteiger partial charge in [-0.05, 0) is 23.8 Å². The van der Waals surface area contributed by atoms with Gasteiger partial charge in [-0.1, -0.05) is 18.2 Å². The topological polar surface area (TPSA) is 59.8 Å². The number of hydrogen-bond donors (Lipinski definition) is 1. The minimum atomic E-state index is -0.231. The molecule has 1 N–H and O–H groups in total. The molecule has 5 heteroatoms. The molecule has 0 saturated carbocycles. The highest BCUT2D eigenvalue weighted by Gasteiger charge is 2.11. The number of aromatic nitrogens is 3. The highest BCUT2D eigenvalue weighted by molar-refractivity contribution is 6.02. The zero-order valence-electron chi connectivity index (χ0n) is 11.5. The molecular weight excluding hydrogens is 264 g/mol. The lowest BCUT2D eigenvalue weighted by Crippen LogP contribution is -2.16. The Bertz CT molecular complexity index is 765.